The fraction of sp³-hybridized carbons (Fsp3) is 0.250. The Morgan fingerprint density at radius 3 is 2.82 bits per heavy atom. The van der Waals surface area contributed by atoms with Crippen molar-refractivity contribution in [3.8, 4) is 11.5 Å². The van der Waals surface area contributed by atoms with E-state index in [1.54, 1.807) is 12.1 Å². The molecule has 3 heteroatoms. The minimum Gasteiger partial charge on any atom is -0.504 e. The molecule has 11 heavy (non-hydrogen) atoms. The fourth-order valence-corrected chi connectivity index (χ4v) is 0.934. The Balaban J connectivity index is 2.90. The number of benzene rings is 1. The summed E-state index contributed by atoms with van der Waals surface area (Å²) in [4.78, 5) is 0. The molecule has 0 unspecified atom stereocenters. The van der Waals surface area contributed by atoms with E-state index in [1.165, 1.54) is 6.07 Å². The lowest BCUT2D eigenvalue weighted by atomic mass is 10.3. The molecule has 0 atom stereocenters. The van der Waals surface area contributed by atoms with Gasteiger partial charge in [0.05, 0.1) is 6.61 Å². The minimum absolute atomic E-state index is 0.0827. The molecular weight excluding hydrogens is 164 g/mol. The van der Waals surface area contributed by atoms with E-state index in [2.05, 4.69) is 0 Å². The molecule has 2 nitrogen and oxygen atoms in total. The van der Waals surface area contributed by atoms with Crippen molar-refractivity contribution in [1.29, 1.82) is 0 Å². The van der Waals surface area contributed by atoms with Gasteiger partial charge in [0.25, 0.3) is 0 Å². The number of halogens is 1. The molecule has 0 bridgehead atoms. The maximum atomic E-state index is 9.21. The molecule has 0 saturated heterocycles. The van der Waals surface area contributed by atoms with Crippen molar-refractivity contribution in [2.45, 2.75) is 6.92 Å². The Hall–Kier alpha value is -0.890. The highest BCUT2D eigenvalue weighted by atomic mass is 35.5. The monoisotopic (exact) mass is 172 g/mol. The van der Waals surface area contributed by atoms with Crippen molar-refractivity contribution in [3.63, 3.8) is 0 Å². The van der Waals surface area contributed by atoms with Crippen LogP contribution in [0.15, 0.2) is 18.2 Å². The summed E-state index contributed by atoms with van der Waals surface area (Å²) >= 11 is 5.60. The summed E-state index contributed by atoms with van der Waals surface area (Å²) in [7, 11) is 0. The van der Waals surface area contributed by atoms with Crippen LogP contribution in [0.25, 0.3) is 0 Å². The van der Waals surface area contributed by atoms with Gasteiger partial charge in [-0.1, -0.05) is 11.6 Å². The Bertz CT molecular complexity index is 248. The van der Waals surface area contributed by atoms with Gasteiger partial charge in [0.1, 0.15) is 0 Å². The quantitative estimate of drug-likeness (QED) is 0.743. The third kappa shape index (κ3) is 2.02. The molecular formula is C8H9ClO2. The number of phenolic OH excluding ortho intramolecular Hbond substituents is 1. The molecule has 1 aromatic rings. The SMILES string of the molecule is CCOc1ccc(Cl)cc1O. The number of ether oxygens (including phenoxy) is 1. The minimum atomic E-state index is 0.0827. The average Bonchev–Trinajstić information content (AvgIpc) is 1.95. The van der Waals surface area contributed by atoms with E-state index < -0.39 is 0 Å². The van der Waals surface area contributed by atoms with Crippen molar-refractivity contribution >= 4 is 11.6 Å². The van der Waals surface area contributed by atoms with Crippen LogP contribution in [0.5, 0.6) is 11.5 Å². The number of hydrogen-bond acceptors (Lipinski definition) is 2. The first-order valence-corrected chi connectivity index (χ1v) is 3.73. The molecule has 0 aliphatic heterocycles. The molecule has 1 rings (SSSR count). The zero-order valence-electron chi connectivity index (χ0n) is 6.17. The van der Waals surface area contributed by atoms with Crippen LogP contribution in [0.4, 0.5) is 0 Å². The van der Waals surface area contributed by atoms with E-state index in [9.17, 15) is 5.11 Å². The van der Waals surface area contributed by atoms with Crippen LogP contribution in [0.1, 0.15) is 6.92 Å². The molecule has 0 radical (unpaired) electrons. The van der Waals surface area contributed by atoms with Gasteiger partial charge in [-0.05, 0) is 19.1 Å². The summed E-state index contributed by atoms with van der Waals surface area (Å²) < 4.78 is 5.08. The molecule has 0 amide bonds. The van der Waals surface area contributed by atoms with E-state index in [-0.39, 0.29) is 5.75 Å². The van der Waals surface area contributed by atoms with Crippen LogP contribution in [-0.4, -0.2) is 11.7 Å². The van der Waals surface area contributed by atoms with Gasteiger partial charge < -0.3 is 9.84 Å². The second-order valence-corrected chi connectivity index (χ2v) is 2.48. The maximum absolute atomic E-state index is 9.21. The molecule has 0 aromatic heterocycles. The zero-order chi connectivity index (χ0) is 8.27. The van der Waals surface area contributed by atoms with Gasteiger partial charge in [-0.25, -0.2) is 0 Å². The Morgan fingerprint density at radius 1 is 1.55 bits per heavy atom. The van der Waals surface area contributed by atoms with E-state index >= 15 is 0 Å². The highest BCUT2D eigenvalue weighted by Gasteiger charge is 2.00. The topological polar surface area (TPSA) is 29.5 Å². The van der Waals surface area contributed by atoms with Crippen LogP contribution < -0.4 is 4.74 Å². The molecule has 1 aromatic carbocycles. The standard InChI is InChI=1S/C8H9ClO2/c1-2-11-8-4-3-6(9)5-7(8)10/h3-5,10H,2H2,1H3. The van der Waals surface area contributed by atoms with Crippen LogP contribution in [-0.2, 0) is 0 Å². The molecule has 60 valence electrons. The van der Waals surface area contributed by atoms with Gasteiger partial charge in [-0.3, -0.25) is 0 Å². The van der Waals surface area contributed by atoms with Crippen LogP contribution in [0.2, 0.25) is 5.02 Å². The Kier molecular flexibility index (Phi) is 2.60. The lowest BCUT2D eigenvalue weighted by molar-refractivity contribution is 0.318. The van der Waals surface area contributed by atoms with E-state index in [4.69, 9.17) is 16.3 Å². The number of hydrogen-bond donors (Lipinski definition) is 1. The van der Waals surface area contributed by atoms with Crippen molar-refractivity contribution in [2.75, 3.05) is 6.61 Å². The number of phenols is 1. The highest BCUT2D eigenvalue weighted by molar-refractivity contribution is 6.30. The van der Waals surface area contributed by atoms with Crippen LogP contribution >= 0.6 is 11.6 Å². The molecule has 0 heterocycles. The molecule has 1 N–H and O–H groups in total. The Labute approximate surface area is 70.4 Å². The first kappa shape index (κ1) is 8.21. The zero-order valence-corrected chi connectivity index (χ0v) is 6.93. The smallest absolute Gasteiger partial charge is 0.160 e. The summed E-state index contributed by atoms with van der Waals surface area (Å²) in [5, 5.41) is 9.72. The summed E-state index contributed by atoms with van der Waals surface area (Å²) in [5.41, 5.74) is 0. The summed E-state index contributed by atoms with van der Waals surface area (Å²) in [5.74, 6) is 0.552. The summed E-state index contributed by atoms with van der Waals surface area (Å²) in [6.45, 7) is 2.39. The summed E-state index contributed by atoms with van der Waals surface area (Å²) in [6.07, 6.45) is 0. The molecule has 0 saturated carbocycles. The highest BCUT2D eigenvalue weighted by Crippen LogP contribution is 2.28. The van der Waals surface area contributed by atoms with Gasteiger partial charge in [0.15, 0.2) is 11.5 Å². The van der Waals surface area contributed by atoms with E-state index in [1.807, 2.05) is 6.92 Å². The van der Waals surface area contributed by atoms with Gasteiger partial charge in [0, 0.05) is 11.1 Å². The van der Waals surface area contributed by atoms with Crippen LogP contribution in [0.3, 0.4) is 0 Å². The molecule has 0 aliphatic carbocycles. The molecule has 0 spiro atoms. The third-order valence-electron chi connectivity index (χ3n) is 1.22. The average molecular weight is 173 g/mol. The predicted molar refractivity (Wildman–Crippen MR) is 44.3 cm³/mol. The third-order valence-corrected chi connectivity index (χ3v) is 1.46. The maximum Gasteiger partial charge on any atom is 0.160 e. The lowest BCUT2D eigenvalue weighted by Crippen LogP contribution is -1.90. The molecule has 0 fully saturated rings. The van der Waals surface area contributed by atoms with Gasteiger partial charge in [-0.2, -0.15) is 0 Å². The second kappa shape index (κ2) is 3.49. The van der Waals surface area contributed by atoms with Gasteiger partial charge >= 0.3 is 0 Å². The van der Waals surface area contributed by atoms with Crippen molar-refractivity contribution in [3.05, 3.63) is 23.2 Å². The van der Waals surface area contributed by atoms with Crippen molar-refractivity contribution in [1.82, 2.24) is 0 Å². The first-order chi connectivity index (χ1) is 5.24. The molecule has 0 aliphatic rings. The largest absolute Gasteiger partial charge is 0.504 e. The van der Waals surface area contributed by atoms with Gasteiger partial charge in [-0.15, -0.1) is 0 Å². The predicted octanol–water partition coefficient (Wildman–Crippen LogP) is 2.44. The first-order valence-electron chi connectivity index (χ1n) is 3.35. The number of rotatable bonds is 2. The van der Waals surface area contributed by atoms with Crippen molar-refractivity contribution in [2.24, 2.45) is 0 Å². The van der Waals surface area contributed by atoms with E-state index in [0.717, 1.165) is 0 Å². The summed E-state index contributed by atoms with van der Waals surface area (Å²) in [6, 6.07) is 4.76. The van der Waals surface area contributed by atoms with E-state index in [0.29, 0.717) is 17.4 Å². The van der Waals surface area contributed by atoms with Crippen LogP contribution in [0, 0.1) is 0 Å². The normalized spacial score (nSPS) is 9.64. The Morgan fingerprint density at radius 2 is 2.27 bits per heavy atom. The fourth-order valence-electron chi connectivity index (χ4n) is 0.768. The van der Waals surface area contributed by atoms with Crippen molar-refractivity contribution < 1.29 is 9.84 Å². The van der Waals surface area contributed by atoms with Gasteiger partial charge in [0.2, 0.25) is 0 Å². The number of aromatic hydroxyl groups is 1. The lowest BCUT2D eigenvalue weighted by Gasteiger charge is -2.04. The second-order valence-electron chi connectivity index (χ2n) is 2.05.